The molecule has 0 amide bonds. The number of nitrogens with zero attached hydrogens (tertiary/aromatic N) is 2. The minimum Gasteiger partial charge on any atom is -0.481 e. The number of hydrogen-bond donors (Lipinski definition) is 2. The van der Waals surface area contributed by atoms with Crippen LogP contribution in [0.15, 0.2) is 12.1 Å². The molecule has 0 unspecified atom stereocenters. The zero-order valence-corrected chi connectivity index (χ0v) is 9.48. The minimum absolute atomic E-state index is 0.195. The maximum atomic E-state index is 5.34. The van der Waals surface area contributed by atoms with E-state index in [0.717, 1.165) is 10.3 Å². The molecule has 0 atom stereocenters. The molecule has 0 fully saturated rings. The molecule has 0 aliphatic heterocycles. The molecule has 5 nitrogen and oxygen atoms in total. The van der Waals surface area contributed by atoms with Crippen LogP contribution in [0.25, 0.3) is 10.3 Å². The minimum atomic E-state index is 0.195. The van der Waals surface area contributed by atoms with Gasteiger partial charge < -0.3 is 15.8 Å². The van der Waals surface area contributed by atoms with Crippen LogP contribution in [0.4, 0.5) is 5.13 Å². The van der Waals surface area contributed by atoms with Crippen LogP contribution in [-0.2, 0) is 0 Å². The van der Waals surface area contributed by atoms with Crippen molar-refractivity contribution in [2.24, 2.45) is 5.73 Å². The largest absolute Gasteiger partial charge is 0.481 e. The van der Waals surface area contributed by atoms with Crippen LogP contribution in [0.1, 0.15) is 0 Å². The molecule has 15 heavy (non-hydrogen) atoms. The Morgan fingerprint density at radius 3 is 3.00 bits per heavy atom. The molecule has 0 saturated carbocycles. The molecular weight excluding hydrogens is 232 g/mol. The highest BCUT2D eigenvalue weighted by molar-refractivity contribution is 7.80. The smallest absolute Gasteiger partial charge is 0.214 e. The topological polar surface area (TPSA) is 73.1 Å². The van der Waals surface area contributed by atoms with Crippen molar-refractivity contribution in [3.63, 3.8) is 0 Å². The molecule has 0 aromatic carbocycles. The van der Waals surface area contributed by atoms with Gasteiger partial charge in [-0.2, -0.15) is 0 Å². The molecule has 0 radical (unpaired) electrons. The predicted octanol–water partition coefficient (Wildman–Crippen LogP) is 1.36. The molecule has 7 heteroatoms. The lowest BCUT2D eigenvalue weighted by Gasteiger charge is -1.94. The van der Waals surface area contributed by atoms with Gasteiger partial charge in [0.25, 0.3) is 0 Å². The van der Waals surface area contributed by atoms with Crippen LogP contribution >= 0.6 is 23.6 Å². The standard InChI is InChI=1S/C8H8N4OS2/c1-13-5-3-2-4-6(11-5)15-8(10-4)12-7(9)14/h2-3H,1H3,(H3,9,10,12,14). The quantitative estimate of drug-likeness (QED) is 0.772. The summed E-state index contributed by atoms with van der Waals surface area (Å²) in [5, 5.41) is 3.60. The van der Waals surface area contributed by atoms with Crippen molar-refractivity contribution < 1.29 is 4.74 Å². The van der Waals surface area contributed by atoms with Crippen molar-refractivity contribution in [2.75, 3.05) is 12.4 Å². The lowest BCUT2D eigenvalue weighted by Crippen LogP contribution is -2.18. The third-order valence-corrected chi connectivity index (χ3v) is 2.65. The molecule has 2 rings (SSSR count). The highest BCUT2D eigenvalue weighted by Crippen LogP contribution is 2.25. The number of fused-ring (bicyclic) bond motifs is 1. The van der Waals surface area contributed by atoms with Gasteiger partial charge in [0.1, 0.15) is 10.3 Å². The average molecular weight is 240 g/mol. The Balaban J connectivity index is 2.42. The Morgan fingerprint density at radius 2 is 2.33 bits per heavy atom. The van der Waals surface area contributed by atoms with E-state index < -0.39 is 0 Å². The third-order valence-electron chi connectivity index (χ3n) is 1.67. The molecule has 0 aliphatic carbocycles. The maximum absolute atomic E-state index is 5.34. The molecule has 0 aliphatic rings. The Kier molecular flexibility index (Phi) is 2.65. The van der Waals surface area contributed by atoms with Crippen molar-refractivity contribution in [1.29, 1.82) is 0 Å². The number of thiazole rings is 1. The molecule has 0 saturated heterocycles. The molecular formula is C8H8N4OS2. The van der Waals surface area contributed by atoms with E-state index in [1.54, 1.807) is 13.2 Å². The van der Waals surface area contributed by atoms with E-state index in [4.69, 9.17) is 22.7 Å². The van der Waals surface area contributed by atoms with E-state index in [2.05, 4.69) is 15.3 Å². The summed E-state index contributed by atoms with van der Waals surface area (Å²) in [7, 11) is 1.57. The summed E-state index contributed by atoms with van der Waals surface area (Å²) >= 11 is 6.09. The van der Waals surface area contributed by atoms with Gasteiger partial charge in [-0.25, -0.2) is 9.97 Å². The SMILES string of the molecule is COc1ccc2nc(NC(N)=S)sc2n1. The first-order chi connectivity index (χ1) is 7.19. The first-order valence-corrected chi connectivity index (χ1v) is 5.29. The Morgan fingerprint density at radius 1 is 1.53 bits per heavy atom. The van der Waals surface area contributed by atoms with E-state index in [0.29, 0.717) is 11.0 Å². The number of rotatable bonds is 2. The van der Waals surface area contributed by atoms with Crippen molar-refractivity contribution >= 4 is 44.1 Å². The number of hydrogen-bond acceptors (Lipinski definition) is 5. The van der Waals surface area contributed by atoms with Crippen molar-refractivity contribution in [3.05, 3.63) is 12.1 Å². The van der Waals surface area contributed by atoms with E-state index in [1.165, 1.54) is 11.3 Å². The van der Waals surface area contributed by atoms with Crippen LogP contribution in [0, 0.1) is 0 Å². The zero-order chi connectivity index (χ0) is 10.8. The summed E-state index contributed by atoms with van der Waals surface area (Å²) in [5.41, 5.74) is 6.14. The molecule has 78 valence electrons. The van der Waals surface area contributed by atoms with E-state index >= 15 is 0 Å². The second-order valence-electron chi connectivity index (χ2n) is 2.69. The third kappa shape index (κ3) is 2.13. The van der Waals surface area contributed by atoms with Gasteiger partial charge in [-0.05, 0) is 18.3 Å². The lowest BCUT2D eigenvalue weighted by atomic mass is 10.4. The summed E-state index contributed by atoms with van der Waals surface area (Å²) < 4.78 is 5.01. The van der Waals surface area contributed by atoms with Gasteiger partial charge in [0.2, 0.25) is 5.88 Å². The van der Waals surface area contributed by atoms with Crippen LogP contribution in [-0.4, -0.2) is 22.2 Å². The lowest BCUT2D eigenvalue weighted by molar-refractivity contribution is 0.400. The number of methoxy groups -OCH3 is 1. The number of nitrogens with two attached hydrogens (primary N) is 1. The monoisotopic (exact) mass is 240 g/mol. The fourth-order valence-corrected chi connectivity index (χ4v) is 2.08. The van der Waals surface area contributed by atoms with Crippen LogP contribution in [0.3, 0.4) is 0 Å². The van der Waals surface area contributed by atoms with Crippen LogP contribution in [0.2, 0.25) is 0 Å². The number of aromatic nitrogens is 2. The normalized spacial score (nSPS) is 10.2. The Hall–Kier alpha value is -1.47. The average Bonchev–Trinajstić information content (AvgIpc) is 2.57. The van der Waals surface area contributed by atoms with Crippen molar-refractivity contribution in [3.8, 4) is 5.88 Å². The van der Waals surface area contributed by atoms with Crippen LogP contribution < -0.4 is 15.8 Å². The second-order valence-corrected chi connectivity index (χ2v) is 4.10. The second kappa shape index (κ2) is 3.95. The summed E-state index contributed by atoms with van der Waals surface area (Å²) in [6, 6.07) is 3.59. The van der Waals surface area contributed by atoms with E-state index in [9.17, 15) is 0 Å². The van der Waals surface area contributed by atoms with Gasteiger partial charge in [-0.15, -0.1) is 0 Å². The first kappa shape index (κ1) is 10.1. The fourth-order valence-electron chi connectivity index (χ4n) is 1.07. The van der Waals surface area contributed by atoms with Gasteiger partial charge in [-0.1, -0.05) is 11.3 Å². The number of pyridine rings is 1. The summed E-state index contributed by atoms with van der Waals surface area (Å²) in [5.74, 6) is 0.563. The molecule has 3 N–H and O–H groups in total. The van der Waals surface area contributed by atoms with E-state index in [1.807, 2.05) is 6.07 Å². The molecule has 0 bridgehead atoms. The van der Waals surface area contributed by atoms with Crippen LogP contribution in [0.5, 0.6) is 5.88 Å². The number of nitrogens with one attached hydrogen (secondary N) is 1. The number of anilines is 1. The Bertz CT molecular complexity index is 510. The highest BCUT2D eigenvalue weighted by atomic mass is 32.1. The van der Waals surface area contributed by atoms with Gasteiger partial charge >= 0.3 is 0 Å². The van der Waals surface area contributed by atoms with Gasteiger partial charge in [0.05, 0.1) is 7.11 Å². The summed E-state index contributed by atoms with van der Waals surface area (Å²) in [6.07, 6.45) is 0. The predicted molar refractivity (Wildman–Crippen MR) is 64.4 cm³/mol. The fraction of sp³-hybridized carbons (Fsp3) is 0.125. The van der Waals surface area contributed by atoms with Gasteiger partial charge in [0.15, 0.2) is 10.2 Å². The van der Waals surface area contributed by atoms with Crippen molar-refractivity contribution in [1.82, 2.24) is 9.97 Å². The van der Waals surface area contributed by atoms with E-state index in [-0.39, 0.29) is 5.11 Å². The summed E-state index contributed by atoms with van der Waals surface area (Å²) in [6.45, 7) is 0. The highest BCUT2D eigenvalue weighted by Gasteiger charge is 2.06. The molecule has 0 spiro atoms. The molecule has 2 aromatic heterocycles. The van der Waals surface area contributed by atoms with Crippen molar-refractivity contribution in [2.45, 2.75) is 0 Å². The molecule has 2 heterocycles. The maximum Gasteiger partial charge on any atom is 0.214 e. The Labute approximate surface area is 95.3 Å². The van der Waals surface area contributed by atoms with Gasteiger partial charge in [0, 0.05) is 6.07 Å². The first-order valence-electron chi connectivity index (χ1n) is 4.07. The molecule has 2 aromatic rings. The van der Waals surface area contributed by atoms with Gasteiger partial charge in [-0.3, -0.25) is 0 Å². The number of ether oxygens (including phenoxy) is 1. The zero-order valence-electron chi connectivity index (χ0n) is 7.85. The summed E-state index contributed by atoms with van der Waals surface area (Å²) in [4.78, 5) is 9.27. The number of thiocarbonyl (C=S) groups is 1.